The Labute approximate surface area is 258 Å². The minimum absolute atomic E-state index is 0.0483. The highest BCUT2D eigenvalue weighted by Crippen LogP contribution is 2.30. The van der Waals surface area contributed by atoms with Crippen molar-refractivity contribution in [2.24, 2.45) is 0 Å². The van der Waals surface area contributed by atoms with Crippen LogP contribution in [-0.2, 0) is 17.8 Å². The van der Waals surface area contributed by atoms with E-state index >= 15 is 0 Å². The standard InChI is InChI=1S/C37H34ClNO4/c38-36-25-35(43-34-21-11-20-33(24-34)41-26-28-12-4-1-5-13-28)23-22-29(36)16-10-19-32(39-31-17-8-3-9-18-31)27-42-37(40)30-14-6-2-7-15-30/h1-9,11-15,17-18,20-25,32,39H,10,16,19,26-27H2. The van der Waals surface area contributed by atoms with Gasteiger partial charge in [-0.05, 0) is 78.9 Å². The second kappa shape index (κ2) is 15.5. The van der Waals surface area contributed by atoms with Crippen LogP contribution in [-0.4, -0.2) is 18.6 Å². The number of hydrogen-bond acceptors (Lipinski definition) is 5. The van der Waals surface area contributed by atoms with Gasteiger partial charge in [-0.25, -0.2) is 4.79 Å². The van der Waals surface area contributed by atoms with Crippen LogP contribution in [0.2, 0.25) is 5.02 Å². The molecule has 0 aliphatic carbocycles. The number of carbonyl (C=O) groups excluding carboxylic acids is 1. The second-order valence-electron chi connectivity index (χ2n) is 10.2. The normalized spacial score (nSPS) is 11.4. The molecule has 0 heterocycles. The van der Waals surface area contributed by atoms with Crippen LogP contribution >= 0.6 is 11.6 Å². The average Bonchev–Trinajstić information content (AvgIpc) is 3.05. The highest BCUT2D eigenvalue weighted by molar-refractivity contribution is 6.31. The van der Waals surface area contributed by atoms with Crippen LogP contribution in [0.3, 0.4) is 0 Å². The lowest BCUT2D eigenvalue weighted by atomic mass is 10.0. The number of rotatable bonds is 14. The van der Waals surface area contributed by atoms with Gasteiger partial charge in [0.25, 0.3) is 0 Å². The minimum Gasteiger partial charge on any atom is -0.489 e. The van der Waals surface area contributed by atoms with Crippen molar-refractivity contribution in [3.63, 3.8) is 0 Å². The molecule has 5 aromatic carbocycles. The van der Waals surface area contributed by atoms with Gasteiger partial charge in [-0.15, -0.1) is 0 Å². The van der Waals surface area contributed by atoms with Gasteiger partial charge >= 0.3 is 5.97 Å². The molecular weight excluding hydrogens is 558 g/mol. The first-order valence-electron chi connectivity index (χ1n) is 14.4. The number of ether oxygens (including phenoxy) is 3. The molecular formula is C37H34ClNO4. The van der Waals surface area contributed by atoms with Crippen molar-refractivity contribution in [3.8, 4) is 17.2 Å². The predicted molar refractivity (Wildman–Crippen MR) is 172 cm³/mol. The molecule has 43 heavy (non-hydrogen) atoms. The Hall–Kier alpha value is -4.74. The monoisotopic (exact) mass is 591 g/mol. The molecule has 0 radical (unpaired) electrons. The Kier molecular flexibility index (Phi) is 10.7. The zero-order valence-electron chi connectivity index (χ0n) is 23.8. The van der Waals surface area contributed by atoms with Gasteiger partial charge in [0.05, 0.1) is 11.6 Å². The Balaban J connectivity index is 1.14. The van der Waals surface area contributed by atoms with Gasteiger partial charge in [0.1, 0.15) is 30.5 Å². The van der Waals surface area contributed by atoms with Crippen molar-refractivity contribution in [2.75, 3.05) is 11.9 Å². The van der Waals surface area contributed by atoms with Crippen LogP contribution in [0.4, 0.5) is 5.69 Å². The van der Waals surface area contributed by atoms with Crippen molar-refractivity contribution in [3.05, 3.63) is 155 Å². The topological polar surface area (TPSA) is 56.8 Å². The van der Waals surface area contributed by atoms with Crippen LogP contribution in [0.1, 0.15) is 34.3 Å². The third-order valence-electron chi connectivity index (χ3n) is 6.88. The number of carbonyl (C=O) groups is 1. The SMILES string of the molecule is O=C(OCC(CCCc1ccc(Oc2cccc(OCc3ccccc3)c2)cc1Cl)Nc1ccccc1)c1ccccc1. The van der Waals surface area contributed by atoms with Crippen LogP contribution in [0.25, 0.3) is 0 Å². The largest absolute Gasteiger partial charge is 0.489 e. The maximum Gasteiger partial charge on any atom is 0.338 e. The number of nitrogens with one attached hydrogen (secondary N) is 1. The first-order chi connectivity index (χ1) is 21.1. The number of anilines is 1. The predicted octanol–water partition coefficient (Wildman–Crippen LogP) is 9.37. The van der Waals surface area contributed by atoms with E-state index in [9.17, 15) is 4.79 Å². The lowest BCUT2D eigenvalue weighted by Crippen LogP contribution is -2.27. The molecule has 0 aromatic heterocycles. The molecule has 0 saturated carbocycles. The van der Waals surface area contributed by atoms with Gasteiger partial charge < -0.3 is 19.5 Å². The number of benzene rings is 5. The summed E-state index contributed by atoms with van der Waals surface area (Å²) < 4.78 is 17.7. The summed E-state index contributed by atoms with van der Waals surface area (Å²) in [5.41, 5.74) is 3.67. The van der Waals surface area contributed by atoms with Crippen LogP contribution < -0.4 is 14.8 Å². The third kappa shape index (κ3) is 9.38. The molecule has 0 fully saturated rings. The number of aryl methyl sites for hydroxylation is 1. The van der Waals surface area contributed by atoms with Gasteiger partial charge in [-0.2, -0.15) is 0 Å². The van der Waals surface area contributed by atoms with E-state index in [1.165, 1.54) is 0 Å². The maximum absolute atomic E-state index is 12.5. The fourth-order valence-electron chi connectivity index (χ4n) is 4.64. The molecule has 1 atom stereocenters. The lowest BCUT2D eigenvalue weighted by Gasteiger charge is -2.20. The molecule has 5 rings (SSSR count). The summed E-state index contributed by atoms with van der Waals surface area (Å²) in [4.78, 5) is 12.5. The van der Waals surface area contributed by atoms with Crippen molar-refractivity contribution < 1.29 is 19.0 Å². The van der Waals surface area contributed by atoms with Crippen LogP contribution in [0.15, 0.2) is 133 Å². The molecule has 5 aromatic rings. The van der Waals surface area contributed by atoms with E-state index < -0.39 is 0 Å². The van der Waals surface area contributed by atoms with Crippen LogP contribution in [0, 0.1) is 0 Å². The number of para-hydroxylation sites is 1. The Morgan fingerprint density at radius 1 is 0.721 bits per heavy atom. The molecule has 1 unspecified atom stereocenters. The Bertz CT molecular complexity index is 1580. The molecule has 0 amide bonds. The van der Waals surface area contributed by atoms with E-state index in [-0.39, 0.29) is 18.6 Å². The second-order valence-corrected chi connectivity index (χ2v) is 10.6. The maximum atomic E-state index is 12.5. The fourth-order valence-corrected chi connectivity index (χ4v) is 4.90. The lowest BCUT2D eigenvalue weighted by molar-refractivity contribution is 0.0485. The molecule has 0 bridgehead atoms. The summed E-state index contributed by atoms with van der Waals surface area (Å²) in [6, 6.07) is 42.3. The molecule has 0 saturated heterocycles. The third-order valence-corrected chi connectivity index (χ3v) is 7.23. The average molecular weight is 592 g/mol. The quantitative estimate of drug-likeness (QED) is 0.130. The number of hydrogen-bond donors (Lipinski definition) is 1. The molecule has 6 heteroatoms. The summed E-state index contributed by atoms with van der Waals surface area (Å²) in [5.74, 6) is 1.74. The summed E-state index contributed by atoms with van der Waals surface area (Å²) in [6.07, 6.45) is 2.43. The summed E-state index contributed by atoms with van der Waals surface area (Å²) >= 11 is 6.67. The molecule has 1 N–H and O–H groups in total. The van der Waals surface area contributed by atoms with E-state index in [2.05, 4.69) is 5.32 Å². The summed E-state index contributed by atoms with van der Waals surface area (Å²) in [5, 5.41) is 4.16. The minimum atomic E-state index is -0.326. The van der Waals surface area contributed by atoms with Crippen molar-refractivity contribution in [1.29, 1.82) is 0 Å². The van der Waals surface area contributed by atoms with Gasteiger partial charge in [0.2, 0.25) is 0 Å². The van der Waals surface area contributed by atoms with Crippen molar-refractivity contribution in [1.82, 2.24) is 0 Å². The van der Waals surface area contributed by atoms with Crippen molar-refractivity contribution >= 4 is 23.3 Å². The fraction of sp³-hybridized carbons (Fsp3) is 0.162. The van der Waals surface area contributed by atoms with Crippen molar-refractivity contribution in [2.45, 2.75) is 31.9 Å². The first-order valence-corrected chi connectivity index (χ1v) is 14.8. The smallest absolute Gasteiger partial charge is 0.338 e. The highest BCUT2D eigenvalue weighted by Gasteiger charge is 2.14. The van der Waals surface area contributed by atoms with E-state index in [4.69, 9.17) is 25.8 Å². The van der Waals surface area contributed by atoms with E-state index in [1.807, 2.05) is 121 Å². The van der Waals surface area contributed by atoms with E-state index in [0.29, 0.717) is 28.7 Å². The summed E-state index contributed by atoms with van der Waals surface area (Å²) in [7, 11) is 0. The summed E-state index contributed by atoms with van der Waals surface area (Å²) in [6.45, 7) is 0.749. The zero-order chi connectivity index (χ0) is 29.7. The highest BCUT2D eigenvalue weighted by atomic mass is 35.5. The molecule has 0 aliphatic heterocycles. The van der Waals surface area contributed by atoms with Gasteiger partial charge in [-0.1, -0.05) is 90.5 Å². The molecule has 0 aliphatic rings. The van der Waals surface area contributed by atoms with Gasteiger partial charge in [-0.3, -0.25) is 0 Å². The molecule has 0 spiro atoms. The molecule has 218 valence electrons. The van der Waals surface area contributed by atoms with Gasteiger partial charge in [0, 0.05) is 16.8 Å². The first kappa shape index (κ1) is 29.7. The molecule has 5 nitrogen and oxygen atoms in total. The number of halogens is 1. The van der Waals surface area contributed by atoms with Gasteiger partial charge in [0.15, 0.2) is 0 Å². The Morgan fingerprint density at radius 2 is 1.40 bits per heavy atom. The zero-order valence-corrected chi connectivity index (χ0v) is 24.6. The van der Waals surface area contributed by atoms with Crippen LogP contribution in [0.5, 0.6) is 17.2 Å². The van der Waals surface area contributed by atoms with E-state index in [0.717, 1.165) is 41.8 Å². The number of esters is 1. The Morgan fingerprint density at radius 3 is 2.14 bits per heavy atom. The van der Waals surface area contributed by atoms with E-state index in [1.54, 1.807) is 12.1 Å².